The zero-order valence-corrected chi connectivity index (χ0v) is 9.78. The molecule has 1 atom stereocenters. The smallest absolute Gasteiger partial charge is 0.203 e. The van der Waals surface area contributed by atoms with E-state index in [0.29, 0.717) is 18.2 Å². The van der Waals surface area contributed by atoms with Crippen LogP contribution in [-0.2, 0) is 9.84 Å². The Morgan fingerprint density at radius 1 is 1.38 bits per heavy atom. The van der Waals surface area contributed by atoms with Crippen LogP contribution < -0.4 is 5.32 Å². The molecule has 1 unspecified atom stereocenters. The molecule has 1 aliphatic heterocycles. The molecule has 1 saturated carbocycles. The molecule has 6 heteroatoms. The molecule has 1 aromatic rings. The normalized spacial score (nSPS) is 28.1. The molecular formula is C10H15N3O2S. The number of rotatable bonds is 3. The molecule has 88 valence electrons. The standard InChI is InChI=1S/C10H15N3O2S/c14-16(15)6-3-8(7-16)12-10-11-4-5-13(10)9-1-2-9/h4-5,8-9H,1-3,6-7H2,(H,11,12). The van der Waals surface area contributed by atoms with Crippen molar-refractivity contribution in [2.75, 3.05) is 16.8 Å². The molecule has 0 aromatic carbocycles. The summed E-state index contributed by atoms with van der Waals surface area (Å²) in [4.78, 5) is 4.25. The largest absolute Gasteiger partial charge is 0.352 e. The van der Waals surface area contributed by atoms with Gasteiger partial charge in [0.05, 0.1) is 11.5 Å². The maximum Gasteiger partial charge on any atom is 0.203 e. The van der Waals surface area contributed by atoms with Gasteiger partial charge in [0.1, 0.15) is 0 Å². The van der Waals surface area contributed by atoms with Gasteiger partial charge in [-0.25, -0.2) is 13.4 Å². The molecule has 0 bridgehead atoms. The lowest BCUT2D eigenvalue weighted by atomic mass is 10.3. The Morgan fingerprint density at radius 3 is 2.81 bits per heavy atom. The summed E-state index contributed by atoms with van der Waals surface area (Å²) in [7, 11) is -2.82. The minimum absolute atomic E-state index is 0.0323. The summed E-state index contributed by atoms with van der Waals surface area (Å²) in [6, 6.07) is 0.605. The molecule has 1 aliphatic carbocycles. The first-order valence-electron chi connectivity index (χ1n) is 5.64. The van der Waals surface area contributed by atoms with Crippen molar-refractivity contribution in [3.8, 4) is 0 Å². The topological polar surface area (TPSA) is 64.0 Å². The van der Waals surface area contributed by atoms with Crippen molar-refractivity contribution in [2.45, 2.75) is 31.3 Å². The third kappa shape index (κ3) is 1.93. The fourth-order valence-corrected chi connectivity index (χ4v) is 3.84. The van der Waals surface area contributed by atoms with Crippen molar-refractivity contribution >= 4 is 15.8 Å². The van der Waals surface area contributed by atoms with E-state index in [1.807, 2.05) is 6.20 Å². The minimum atomic E-state index is -2.82. The third-order valence-corrected chi connectivity index (χ3v) is 4.94. The molecule has 1 saturated heterocycles. The molecule has 1 aromatic heterocycles. The second-order valence-electron chi connectivity index (χ2n) is 4.63. The van der Waals surface area contributed by atoms with Crippen molar-refractivity contribution in [1.82, 2.24) is 9.55 Å². The lowest BCUT2D eigenvalue weighted by molar-refractivity contribution is 0.601. The SMILES string of the molecule is O=S1(=O)CCC(Nc2nccn2C2CC2)C1. The van der Waals surface area contributed by atoms with Gasteiger partial charge in [-0.05, 0) is 19.3 Å². The molecule has 5 nitrogen and oxygen atoms in total. The van der Waals surface area contributed by atoms with Crippen LogP contribution in [0.25, 0.3) is 0 Å². The first-order chi connectivity index (χ1) is 7.64. The van der Waals surface area contributed by atoms with E-state index in [2.05, 4.69) is 14.9 Å². The van der Waals surface area contributed by atoms with Gasteiger partial charge in [-0.2, -0.15) is 0 Å². The molecule has 2 aliphatic rings. The molecule has 16 heavy (non-hydrogen) atoms. The summed E-state index contributed by atoms with van der Waals surface area (Å²) in [5, 5.41) is 3.24. The maximum absolute atomic E-state index is 11.3. The van der Waals surface area contributed by atoms with Gasteiger partial charge in [-0.3, -0.25) is 0 Å². The first kappa shape index (κ1) is 10.1. The van der Waals surface area contributed by atoms with E-state index in [0.717, 1.165) is 5.95 Å². The van der Waals surface area contributed by atoms with E-state index in [1.165, 1.54) is 12.8 Å². The van der Waals surface area contributed by atoms with Crippen LogP contribution in [-0.4, -0.2) is 35.5 Å². The van der Waals surface area contributed by atoms with Crippen molar-refractivity contribution < 1.29 is 8.42 Å². The zero-order chi connectivity index (χ0) is 11.2. The Hall–Kier alpha value is -1.04. The van der Waals surface area contributed by atoms with Crippen LogP contribution >= 0.6 is 0 Å². The fourth-order valence-electron chi connectivity index (χ4n) is 2.16. The number of aromatic nitrogens is 2. The molecule has 2 fully saturated rings. The molecule has 0 spiro atoms. The average Bonchev–Trinajstić information content (AvgIpc) is 2.87. The van der Waals surface area contributed by atoms with Gasteiger partial charge >= 0.3 is 0 Å². The van der Waals surface area contributed by atoms with Gasteiger partial charge in [-0.15, -0.1) is 0 Å². The first-order valence-corrected chi connectivity index (χ1v) is 7.46. The molecule has 1 N–H and O–H groups in total. The van der Waals surface area contributed by atoms with Crippen molar-refractivity contribution in [1.29, 1.82) is 0 Å². The predicted octanol–water partition coefficient (Wildman–Crippen LogP) is 0.817. The highest BCUT2D eigenvalue weighted by Crippen LogP contribution is 2.37. The summed E-state index contributed by atoms with van der Waals surface area (Å²) in [6.07, 6.45) is 6.83. The molecular weight excluding hydrogens is 226 g/mol. The highest BCUT2D eigenvalue weighted by Gasteiger charge is 2.30. The van der Waals surface area contributed by atoms with E-state index in [-0.39, 0.29) is 11.8 Å². The summed E-state index contributed by atoms with van der Waals surface area (Å²) >= 11 is 0. The second-order valence-corrected chi connectivity index (χ2v) is 6.86. The van der Waals surface area contributed by atoms with Gasteiger partial charge in [0.15, 0.2) is 9.84 Å². The summed E-state index contributed by atoms with van der Waals surface area (Å²) in [5.74, 6) is 1.36. The zero-order valence-electron chi connectivity index (χ0n) is 8.96. The summed E-state index contributed by atoms with van der Waals surface area (Å²) < 4.78 is 24.8. The van der Waals surface area contributed by atoms with E-state index in [4.69, 9.17) is 0 Å². The Labute approximate surface area is 94.8 Å². The lowest BCUT2D eigenvalue weighted by Gasteiger charge is -2.13. The Balaban J connectivity index is 1.72. The Morgan fingerprint density at radius 2 is 2.19 bits per heavy atom. The van der Waals surface area contributed by atoms with Gasteiger partial charge < -0.3 is 9.88 Å². The van der Waals surface area contributed by atoms with Crippen molar-refractivity contribution in [3.05, 3.63) is 12.4 Å². The summed E-state index contributed by atoms with van der Waals surface area (Å²) in [6.45, 7) is 0. The number of anilines is 1. The van der Waals surface area contributed by atoms with Crippen LogP contribution in [0.3, 0.4) is 0 Å². The minimum Gasteiger partial charge on any atom is -0.352 e. The van der Waals surface area contributed by atoms with Gasteiger partial charge in [0, 0.05) is 24.5 Å². The second kappa shape index (κ2) is 3.48. The lowest BCUT2D eigenvalue weighted by Crippen LogP contribution is -2.22. The third-order valence-electron chi connectivity index (χ3n) is 3.17. The Kier molecular flexibility index (Phi) is 2.20. The highest BCUT2D eigenvalue weighted by molar-refractivity contribution is 7.91. The van der Waals surface area contributed by atoms with E-state index >= 15 is 0 Å². The molecule has 3 rings (SSSR count). The van der Waals surface area contributed by atoms with E-state index in [9.17, 15) is 8.42 Å². The highest BCUT2D eigenvalue weighted by atomic mass is 32.2. The van der Waals surface area contributed by atoms with E-state index in [1.54, 1.807) is 6.20 Å². The van der Waals surface area contributed by atoms with E-state index < -0.39 is 9.84 Å². The molecule has 0 radical (unpaired) electrons. The number of hydrogen-bond donors (Lipinski definition) is 1. The Bertz CT molecular complexity index is 490. The van der Waals surface area contributed by atoms with Crippen molar-refractivity contribution in [2.24, 2.45) is 0 Å². The number of nitrogens with zero attached hydrogens (tertiary/aromatic N) is 2. The monoisotopic (exact) mass is 241 g/mol. The van der Waals surface area contributed by atoms with Crippen LogP contribution in [0.15, 0.2) is 12.4 Å². The molecule has 2 heterocycles. The van der Waals surface area contributed by atoms with Crippen LogP contribution in [0, 0.1) is 0 Å². The summed E-state index contributed by atoms with van der Waals surface area (Å²) in [5.41, 5.74) is 0. The number of hydrogen-bond acceptors (Lipinski definition) is 4. The maximum atomic E-state index is 11.3. The fraction of sp³-hybridized carbons (Fsp3) is 0.700. The number of nitrogens with one attached hydrogen (secondary N) is 1. The number of sulfone groups is 1. The van der Waals surface area contributed by atoms with Crippen molar-refractivity contribution in [3.63, 3.8) is 0 Å². The van der Waals surface area contributed by atoms with Crippen LogP contribution in [0.2, 0.25) is 0 Å². The van der Waals surface area contributed by atoms with Crippen LogP contribution in [0.5, 0.6) is 0 Å². The van der Waals surface area contributed by atoms with Gasteiger partial charge in [-0.1, -0.05) is 0 Å². The van der Waals surface area contributed by atoms with Crippen LogP contribution in [0.4, 0.5) is 5.95 Å². The van der Waals surface area contributed by atoms with Gasteiger partial charge in [0.2, 0.25) is 5.95 Å². The number of imidazole rings is 1. The quantitative estimate of drug-likeness (QED) is 0.851. The van der Waals surface area contributed by atoms with Crippen LogP contribution in [0.1, 0.15) is 25.3 Å². The van der Waals surface area contributed by atoms with Gasteiger partial charge in [0.25, 0.3) is 0 Å². The molecule has 0 amide bonds. The predicted molar refractivity (Wildman–Crippen MR) is 61.2 cm³/mol. The average molecular weight is 241 g/mol.